The smallest absolute Gasteiger partial charge is 0.244 e. The Kier molecular flexibility index (Phi) is 4.83. The second-order valence-corrected chi connectivity index (χ2v) is 7.03. The number of halogens is 1. The van der Waals surface area contributed by atoms with Crippen LogP contribution in [0.25, 0.3) is 0 Å². The van der Waals surface area contributed by atoms with Crippen molar-refractivity contribution < 1.29 is 17.9 Å². The predicted octanol–water partition coefficient (Wildman–Crippen LogP) is 1.77. The van der Waals surface area contributed by atoms with Crippen molar-refractivity contribution in [2.75, 3.05) is 26.9 Å². The fraction of sp³-hybridized carbons (Fsp3) is 0.500. The molecule has 1 fully saturated rings. The van der Waals surface area contributed by atoms with E-state index >= 15 is 0 Å². The molecule has 0 amide bonds. The number of benzene rings is 1. The Morgan fingerprint density at radius 3 is 2.95 bits per heavy atom. The van der Waals surface area contributed by atoms with Gasteiger partial charge in [0.25, 0.3) is 0 Å². The zero-order chi connectivity index (χ0) is 13.9. The van der Waals surface area contributed by atoms with Crippen molar-refractivity contribution in [3.8, 4) is 5.75 Å². The number of nitrogens with one attached hydrogen (secondary N) is 1. The number of sulfonamides is 1. The maximum atomic E-state index is 12.3. The highest BCUT2D eigenvalue weighted by Crippen LogP contribution is 2.27. The molecule has 0 aromatic heterocycles. The largest absolute Gasteiger partial charge is 0.495 e. The summed E-state index contributed by atoms with van der Waals surface area (Å²) in [5, 5.41) is 0. The third kappa shape index (κ3) is 3.68. The molecule has 0 bridgehead atoms. The molecule has 19 heavy (non-hydrogen) atoms. The number of rotatable bonds is 5. The molecule has 5 nitrogen and oxygen atoms in total. The van der Waals surface area contributed by atoms with Gasteiger partial charge in [-0.3, -0.25) is 0 Å². The number of ether oxygens (including phenoxy) is 2. The fourth-order valence-corrected chi connectivity index (χ4v) is 3.73. The molecule has 1 unspecified atom stereocenters. The summed E-state index contributed by atoms with van der Waals surface area (Å²) in [6, 6.07) is 4.90. The van der Waals surface area contributed by atoms with Crippen LogP contribution in [0.2, 0.25) is 0 Å². The average molecular weight is 350 g/mol. The summed E-state index contributed by atoms with van der Waals surface area (Å²) < 4.78 is 38.2. The molecule has 1 atom stereocenters. The van der Waals surface area contributed by atoms with Crippen LogP contribution in [0.5, 0.6) is 5.75 Å². The Hall–Kier alpha value is -0.630. The topological polar surface area (TPSA) is 64.6 Å². The molecular weight excluding hydrogens is 334 g/mol. The minimum atomic E-state index is -3.57. The second-order valence-electron chi connectivity index (χ2n) is 4.38. The van der Waals surface area contributed by atoms with Crippen LogP contribution < -0.4 is 9.46 Å². The molecule has 2 rings (SSSR count). The average Bonchev–Trinajstić information content (AvgIpc) is 2.89. The van der Waals surface area contributed by atoms with E-state index in [0.29, 0.717) is 30.0 Å². The van der Waals surface area contributed by atoms with E-state index in [1.807, 2.05) is 0 Å². The van der Waals surface area contributed by atoms with Gasteiger partial charge in [-0.25, -0.2) is 13.1 Å². The molecule has 1 aromatic carbocycles. The molecular formula is C12H16BrNO4S. The lowest BCUT2D eigenvalue weighted by Gasteiger charge is -2.13. The van der Waals surface area contributed by atoms with Crippen LogP contribution in [-0.4, -0.2) is 35.3 Å². The van der Waals surface area contributed by atoms with Crippen LogP contribution in [0.3, 0.4) is 0 Å². The van der Waals surface area contributed by atoms with Crippen LogP contribution in [0.1, 0.15) is 6.42 Å². The third-order valence-corrected chi connectivity index (χ3v) is 4.94. The summed E-state index contributed by atoms with van der Waals surface area (Å²) in [6.07, 6.45) is 0.887. The van der Waals surface area contributed by atoms with Crippen molar-refractivity contribution in [2.24, 2.45) is 5.92 Å². The number of methoxy groups -OCH3 is 1. The van der Waals surface area contributed by atoms with Gasteiger partial charge in [0.2, 0.25) is 10.0 Å². The minimum absolute atomic E-state index is 0.142. The highest BCUT2D eigenvalue weighted by Gasteiger charge is 2.23. The molecule has 1 saturated heterocycles. The molecule has 1 heterocycles. The first-order chi connectivity index (χ1) is 9.03. The molecule has 1 aliphatic rings. The van der Waals surface area contributed by atoms with Crippen molar-refractivity contribution in [3.63, 3.8) is 0 Å². The molecule has 7 heteroatoms. The van der Waals surface area contributed by atoms with Crippen molar-refractivity contribution in [1.29, 1.82) is 0 Å². The van der Waals surface area contributed by atoms with Gasteiger partial charge in [-0.1, -0.05) is 15.9 Å². The Balaban J connectivity index is 2.16. The van der Waals surface area contributed by atoms with E-state index in [-0.39, 0.29) is 10.8 Å². The maximum Gasteiger partial charge on any atom is 0.244 e. The zero-order valence-corrected chi connectivity index (χ0v) is 13.0. The SMILES string of the molecule is COc1ccc(Br)cc1S(=O)(=O)NCC1CCOC1. The van der Waals surface area contributed by atoms with Gasteiger partial charge in [0.1, 0.15) is 10.6 Å². The van der Waals surface area contributed by atoms with Crippen molar-refractivity contribution >= 4 is 26.0 Å². The van der Waals surface area contributed by atoms with Gasteiger partial charge < -0.3 is 9.47 Å². The Morgan fingerprint density at radius 2 is 2.32 bits per heavy atom. The summed E-state index contributed by atoms with van der Waals surface area (Å²) in [4.78, 5) is 0.142. The molecule has 1 aromatic rings. The highest BCUT2D eigenvalue weighted by molar-refractivity contribution is 9.10. The predicted molar refractivity (Wildman–Crippen MR) is 74.8 cm³/mol. The summed E-state index contributed by atoms with van der Waals surface area (Å²) in [5.41, 5.74) is 0. The summed E-state index contributed by atoms with van der Waals surface area (Å²) in [5.74, 6) is 0.575. The monoisotopic (exact) mass is 349 g/mol. The molecule has 1 aliphatic heterocycles. The van der Waals surface area contributed by atoms with Crippen LogP contribution >= 0.6 is 15.9 Å². The number of hydrogen-bond acceptors (Lipinski definition) is 4. The second kappa shape index (κ2) is 6.21. The van der Waals surface area contributed by atoms with Crippen LogP contribution in [0, 0.1) is 5.92 Å². The summed E-state index contributed by atoms with van der Waals surface area (Å²) in [7, 11) is -2.12. The Labute approximate surface area is 121 Å². The Bertz CT molecular complexity index is 541. The van der Waals surface area contributed by atoms with E-state index in [9.17, 15) is 8.42 Å². The van der Waals surface area contributed by atoms with Gasteiger partial charge in [0, 0.05) is 17.6 Å². The molecule has 0 spiro atoms. The molecule has 0 aliphatic carbocycles. The standard InChI is InChI=1S/C12H16BrNO4S/c1-17-11-3-2-10(13)6-12(11)19(15,16)14-7-9-4-5-18-8-9/h2-3,6,9,14H,4-5,7-8H2,1H3. The van der Waals surface area contributed by atoms with Gasteiger partial charge >= 0.3 is 0 Å². The lowest BCUT2D eigenvalue weighted by atomic mass is 10.1. The van der Waals surface area contributed by atoms with E-state index in [1.165, 1.54) is 13.2 Å². The summed E-state index contributed by atoms with van der Waals surface area (Å²) in [6.45, 7) is 1.70. The lowest BCUT2D eigenvalue weighted by molar-refractivity contribution is 0.186. The van der Waals surface area contributed by atoms with Gasteiger partial charge in [-0.2, -0.15) is 0 Å². The van der Waals surface area contributed by atoms with E-state index < -0.39 is 10.0 Å². The van der Waals surface area contributed by atoms with E-state index in [0.717, 1.165) is 6.42 Å². The normalized spacial score (nSPS) is 19.6. The third-order valence-electron chi connectivity index (χ3n) is 3.00. The van der Waals surface area contributed by atoms with Crippen molar-refractivity contribution in [2.45, 2.75) is 11.3 Å². The van der Waals surface area contributed by atoms with E-state index in [2.05, 4.69) is 20.7 Å². The zero-order valence-electron chi connectivity index (χ0n) is 10.6. The molecule has 106 valence electrons. The quantitative estimate of drug-likeness (QED) is 0.879. The van der Waals surface area contributed by atoms with Crippen LogP contribution in [-0.2, 0) is 14.8 Å². The minimum Gasteiger partial charge on any atom is -0.495 e. The maximum absolute atomic E-state index is 12.3. The van der Waals surface area contributed by atoms with Gasteiger partial charge in [-0.05, 0) is 30.5 Å². The van der Waals surface area contributed by atoms with E-state index in [4.69, 9.17) is 9.47 Å². The first kappa shape index (κ1) is 14.8. The van der Waals surface area contributed by atoms with Gasteiger partial charge in [0.15, 0.2) is 0 Å². The highest BCUT2D eigenvalue weighted by atomic mass is 79.9. The van der Waals surface area contributed by atoms with Crippen LogP contribution in [0.4, 0.5) is 0 Å². The van der Waals surface area contributed by atoms with E-state index in [1.54, 1.807) is 12.1 Å². The molecule has 0 saturated carbocycles. The summed E-state index contributed by atoms with van der Waals surface area (Å²) >= 11 is 3.27. The van der Waals surface area contributed by atoms with Gasteiger partial charge in [-0.15, -0.1) is 0 Å². The first-order valence-electron chi connectivity index (χ1n) is 5.94. The molecule has 0 radical (unpaired) electrons. The first-order valence-corrected chi connectivity index (χ1v) is 8.21. The molecule has 1 N–H and O–H groups in total. The van der Waals surface area contributed by atoms with Crippen molar-refractivity contribution in [3.05, 3.63) is 22.7 Å². The lowest BCUT2D eigenvalue weighted by Crippen LogP contribution is -2.29. The van der Waals surface area contributed by atoms with Crippen LogP contribution in [0.15, 0.2) is 27.6 Å². The fourth-order valence-electron chi connectivity index (χ4n) is 1.91. The van der Waals surface area contributed by atoms with Gasteiger partial charge in [0.05, 0.1) is 13.7 Å². The Morgan fingerprint density at radius 1 is 1.53 bits per heavy atom. The number of hydrogen-bond donors (Lipinski definition) is 1. The van der Waals surface area contributed by atoms with Crippen molar-refractivity contribution in [1.82, 2.24) is 4.72 Å².